The van der Waals surface area contributed by atoms with Crippen LogP contribution in [0.3, 0.4) is 0 Å². The largest absolute Gasteiger partial charge is 0.106 e. The van der Waals surface area contributed by atoms with Gasteiger partial charge in [0, 0.05) is 15.1 Å². The molecule has 0 heterocycles. The van der Waals surface area contributed by atoms with Gasteiger partial charge in [0.15, 0.2) is 0 Å². The Morgan fingerprint density at radius 1 is 0.429 bits per heavy atom. The van der Waals surface area contributed by atoms with Crippen LogP contribution in [-0.2, 0) is 19.3 Å². The van der Waals surface area contributed by atoms with Crippen molar-refractivity contribution < 1.29 is 0 Å². The first-order valence-corrected chi connectivity index (χ1v) is 12.6. The van der Waals surface area contributed by atoms with E-state index in [2.05, 4.69) is 36.4 Å². The lowest BCUT2D eigenvalue weighted by Crippen LogP contribution is -2.03. The zero-order valence-electron chi connectivity index (χ0n) is 15.8. The maximum Gasteiger partial charge on any atom is 0.0406 e. The number of hydrogen-bond donors (Lipinski definition) is 0. The van der Waals surface area contributed by atoms with Crippen LogP contribution in [0.15, 0.2) is 72.8 Å². The topological polar surface area (TPSA) is 0 Å². The van der Waals surface area contributed by atoms with Gasteiger partial charge in [-0.25, -0.2) is 0 Å². The first kappa shape index (κ1) is 21.7. The van der Waals surface area contributed by atoms with Crippen molar-refractivity contribution >= 4 is 42.7 Å². The van der Waals surface area contributed by atoms with Gasteiger partial charge in [-0.3, -0.25) is 0 Å². The fraction of sp³-hybridized carbons (Fsp3) is 0.250. The monoisotopic (exact) mass is 448 g/mol. The van der Waals surface area contributed by atoms with Crippen molar-refractivity contribution in [3.8, 4) is 0 Å². The quantitative estimate of drug-likeness (QED) is 0.289. The lowest BCUT2D eigenvalue weighted by atomic mass is 10.2. The molecule has 0 saturated heterocycles. The highest BCUT2D eigenvalue weighted by atomic mass is 35.5. The molecule has 0 amide bonds. The summed E-state index contributed by atoms with van der Waals surface area (Å²) in [5.41, 5.74) is 4.11. The van der Waals surface area contributed by atoms with E-state index in [1.165, 1.54) is 35.2 Å². The van der Waals surface area contributed by atoms with E-state index >= 15 is 0 Å². The van der Waals surface area contributed by atoms with Crippen LogP contribution in [0.1, 0.15) is 16.7 Å². The van der Waals surface area contributed by atoms with E-state index in [1.807, 2.05) is 36.4 Å². The van der Waals surface area contributed by atoms with Crippen molar-refractivity contribution in [3.05, 3.63) is 105 Å². The molecule has 0 aliphatic carbocycles. The lowest BCUT2D eigenvalue weighted by Gasteiger charge is -2.18. The van der Waals surface area contributed by atoms with Crippen LogP contribution < -0.4 is 0 Å². The summed E-state index contributed by atoms with van der Waals surface area (Å²) in [7, 11) is -0.0536. The summed E-state index contributed by atoms with van der Waals surface area (Å²) < 4.78 is 0. The van der Waals surface area contributed by atoms with E-state index in [0.29, 0.717) is 0 Å². The third-order valence-corrected chi connectivity index (χ3v) is 8.21. The van der Waals surface area contributed by atoms with Gasteiger partial charge in [-0.15, -0.1) is 7.92 Å². The molecule has 3 aromatic carbocycles. The summed E-state index contributed by atoms with van der Waals surface area (Å²) in [6, 6.07) is 24.8. The molecular weight excluding hydrogens is 426 g/mol. The van der Waals surface area contributed by atoms with E-state index in [0.717, 1.165) is 34.3 Å². The molecule has 0 spiro atoms. The fourth-order valence-electron chi connectivity index (χ4n) is 3.15. The van der Waals surface area contributed by atoms with Crippen molar-refractivity contribution in [1.29, 1.82) is 0 Å². The second-order valence-corrected chi connectivity index (χ2v) is 11.0. The van der Waals surface area contributed by atoms with E-state index in [1.54, 1.807) is 0 Å². The number of halogens is 3. The van der Waals surface area contributed by atoms with Crippen molar-refractivity contribution in [1.82, 2.24) is 0 Å². The summed E-state index contributed by atoms with van der Waals surface area (Å²) in [6.45, 7) is 0. The maximum atomic E-state index is 6.02. The number of aryl methyl sites for hydroxylation is 3. The highest BCUT2D eigenvalue weighted by Gasteiger charge is 2.10. The molecular formula is C24H24Cl3P. The second-order valence-electron chi connectivity index (χ2n) is 6.97. The molecule has 0 unspecified atom stereocenters. The molecule has 0 saturated carbocycles. The third-order valence-electron chi connectivity index (χ3n) is 4.89. The van der Waals surface area contributed by atoms with Gasteiger partial charge in [-0.1, -0.05) is 71.2 Å². The van der Waals surface area contributed by atoms with Crippen molar-refractivity contribution in [2.75, 3.05) is 18.5 Å². The molecule has 4 heteroatoms. The molecule has 146 valence electrons. The molecule has 0 radical (unpaired) electrons. The Balaban J connectivity index is 1.58. The van der Waals surface area contributed by atoms with Crippen molar-refractivity contribution in [2.45, 2.75) is 19.3 Å². The molecule has 0 fully saturated rings. The number of rotatable bonds is 9. The van der Waals surface area contributed by atoms with Gasteiger partial charge in [0.1, 0.15) is 0 Å². The minimum Gasteiger partial charge on any atom is -0.106 e. The average Bonchev–Trinajstić information content (AvgIpc) is 2.71. The molecule has 28 heavy (non-hydrogen) atoms. The zero-order chi connectivity index (χ0) is 19.8. The highest BCUT2D eigenvalue weighted by Crippen LogP contribution is 2.38. The van der Waals surface area contributed by atoms with Crippen LogP contribution in [0.5, 0.6) is 0 Å². The summed E-state index contributed by atoms with van der Waals surface area (Å²) in [5.74, 6) is 0. The number of benzene rings is 3. The zero-order valence-corrected chi connectivity index (χ0v) is 18.9. The Kier molecular flexibility index (Phi) is 8.68. The van der Waals surface area contributed by atoms with Crippen LogP contribution in [0.2, 0.25) is 15.1 Å². The summed E-state index contributed by atoms with van der Waals surface area (Å²) in [6.07, 6.45) is 7.09. The normalized spacial score (nSPS) is 11.1. The minimum atomic E-state index is -0.0536. The van der Waals surface area contributed by atoms with Crippen molar-refractivity contribution in [3.63, 3.8) is 0 Å². The van der Waals surface area contributed by atoms with Crippen LogP contribution in [0, 0.1) is 0 Å². The van der Waals surface area contributed by atoms with Gasteiger partial charge < -0.3 is 0 Å². The Hall–Kier alpha value is -1.04. The van der Waals surface area contributed by atoms with E-state index < -0.39 is 0 Å². The first-order chi connectivity index (χ1) is 13.6. The van der Waals surface area contributed by atoms with Gasteiger partial charge in [0.05, 0.1) is 0 Å². The van der Waals surface area contributed by atoms with Gasteiger partial charge in [-0.2, -0.15) is 0 Å². The Morgan fingerprint density at radius 2 is 0.679 bits per heavy atom. The maximum absolute atomic E-state index is 6.02. The molecule has 0 nitrogen and oxygen atoms in total. The molecule has 0 aliphatic heterocycles. The standard InChI is InChI=1S/C24H24Cl3P/c25-22-7-1-19(2-8-22)13-16-28(17-14-20-3-9-23(26)10-4-20)18-15-21-5-11-24(27)12-6-21/h1-12H,13-18H2. The van der Waals surface area contributed by atoms with Crippen LogP contribution >= 0.6 is 42.7 Å². The van der Waals surface area contributed by atoms with Crippen molar-refractivity contribution in [2.24, 2.45) is 0 Å². The molecule has 0 bridgehead atoms. The Morgan fingerprint density at radius 3 is 0.929 bits per heavy atom. The highest BCUT2D eigenvalue weighted by molar-refractivity contribution is 7.57. The Labute approximate surface area is 184 Å². The third kappa shape index (κ3) is 7.41. The first-order valence-electron chi connectivity index (χ1n) is 9.54. The van der Waals surface area contributed by atoms with Gasteiger partial charge in [0.2, 0.25) is 0 Å². The number of hydrogen-bond acceptors (Lipinski definition) is 0. The lowest BCUT2D eigenvalue weighted by molar-refractivity contribution is 1.06. The van der Waals surface area contributed by atoms with Gasteiger partial charge in [-0.05, 0) is 90.8 Å². The van der Waals surface area contributed by atoms with Crippen LogP contribution in [0.25, 0.3) is 0 Å². The predicted molar refractivity (Wildman–Crippen MR) is 127 cm³/mol. The predicted octanol–water partition coefficient (Wildman–Crippen LogP) is 8.16. The van der Waals surface area contributed by atoms with Gasteiger partial charge in [0.25, 0.3) is 0 Å². The molecule has 0 atom stereocenters. The molecule has 3 aromatic rings. The smallest absolute Gasteiger partial charge is 0.0406 e. The summed E-state index contributed by atoms with van der Waals surface area (Å²) >= 11 is 18.1. The molecule has 0 N–H and O–H groups in total. The average molecular weight is 450 g/mol. The molecule has 0 aliphatic rings. The van der Waals surface area contributed by atoms with Crippen LogP contribution in [0.4, 0.5) is 0 Å². The van der Waals surface area contributed by atoms with Gasteiger partial charge >= 0.3 is 0 Å². The van der Waals surface area contributed by atoms with E-state index in [4.69, 9.17) is 34.8 Å². The minimum absolute atomic E-state index is 0.0536. The molecule has 0 aromatic heterocycles. The van der Waals surface area contributed by atoms with Crippen LogP contribution in [-0.4, -0.2) is 18.5 Å². The molecule has 3 rings (SSSR count). The second kappa shape index (κ2) is 11.2. The van der Waals surface area contributed by atoms with E-state index in [9.17, 15) is 0 Å². The SMILES string of the molecule is Clc1ccc(CCP(CCc2ccc(Cl)cc2)CCc2ccc(Cl)cc2)cc1. The summed E-state index contributed by atoms with van der Waals surface area (Å²) in [4.78, 5) is 0. The fourth-order valence-corrected chi connectivity index (χ4v) is 5.92. The summed E-state index contributed by atoms with van der Waals surface area (Å²) in [5, 5.41) is 2.41. The van der Waals surface area contributed by atoms with E-state index in [-0.39, 0.29) is 7.92 Å². The Bertz CT molecular complexity index is 725.